The molecule has 6 nitrogen and oxygen atoms in total. The van der Waals surface area contributed by atoms with Crippen LogP contribution in [0, 0.1) is 11.3 Å². The minimum absolute atomic E-state index is 0.207. The van der Waals surface area contributed by atoms with Crippen LogP contribution >= 0.6 is 0 Å². The highest BCUT2D eigenvalue weighted by atomic mass is 16.5. The van der Waals surface area contributed by atoms with Crippen LogP contribution in [0.2, 0.25) is 0 Å². The third kappa shape index (κ3) is 4.66. The molecule has 0 atom stereocenters. The summed E-state index contributed by atoms with van der Waals surface area (Å²) in [5.74, 6) is -0.708. The molecule has 1 aliphatic rings. The highest BCUT2D eigenvalue weighted by molar-refractivity contribution is 6.43. The van der Waals surface area contributed by atoms with Gasteiger partial charge in [0.25, 0.3) is 0 Å². The Morgan fingerprint density at radius 1 is 1.39 bits per heavy atom. The zero-order valence-electron chi connectivity index (χ0n) is 13.1. The van der Waals surface area contributed by atoms with Gasteiger partial charge in [0.1, 0.15) is 6.07 Å². The van der Waals surface area contributed by atoms with E-state index < -0.39 is 5.97 Å². The highest BCUT2D eigenvalue weighted by Gasteiger charge is 2.16. The number of benzene rings is 1. The Bertz CT molecular complexity index is 626. The summed E-state index contributed by atoms with van der Waals surface area (Å²) in [6, 6.07) is 11.5. The molecule has 0 aromatic heterocycles. The molecule has 1 fully saturated rings. The van der Waals surface area contributed by atoms with E-state index in [0.29, 0.717) is 13.2 Å². The summed E-state index contributed by atoms with van der Waals surface area (Å²) in [5.41, 5.74) is 1.57. The second-order valence-corrected chi connectivity index (χ2v) is 4.79. The first-order valence-corrected chi connectivity index (χ1v) is 7.49. The average molecular weight is 313 g/mol. The smallest absolute Gasteiger partial charge is 0.367 e. The molecule has 0 radical (unpaired) electrons. The maximum Gasteiger partial charge on any atom is 0.367 e. The monoisotopic (exact) mass is 313 g/mol. The number of nitrogens with zero attached hydrogens (tertiary/aromatic N) is 3. The van der Waals surface area contributed by atoms with Crippen LogP contribution in [-0.4, -0.2) is 49.5 Å². The Kier molecular flexibility index (Phi) is 6.33. The van der Waals surface area contributed by atoms with Gasteiger partial charge in [0.05, 0.1) is 31.7 Å². The lowest BCUT2D eigenvalue weighted by molar-refractivity contribution is -0.134. The van der Waals surface area contributed by atoms with Gasteiger partial charge in [-0.1, -0.05) is 30.3 Å². The molecule has 2 rings (SSSR count). The summed E-state index contributed by atoms with van der Waals surface area (Å²) in [5, 5.41) is 9.07. The minimum Gasteiger partial charge on any atom is -0.461 e. The molecule has 0 saturated carbocycles. The lowest BCUT2D eigenvalue weighted by atomic mass is 10.1. The van der Waals surface area contributed by atoms with E-state index in [4.69, 9.17) is 14.7 Å². The molecule has 120 valence electrons. The number of morpholine rings is 1. The average Bonchev–Trinajstić information content (AvgIpc) is 2.60. The van der Waals surface area contributed by atoms with E-state index in [1.165, 1.54) is 0 Å². The second-order valence-electron chi connectivity index (χ2n) is 4.79. The summed E-state index contributed by atoms with van der Waals surface area (Å²) in [6.45, 7) is 4.63. The Labute approximate surface area is 135 Å². The Hall–Kier alpha value is -2.65. The summed E-state index contributed by atoms with van der Waals surface area (Å²) < 4.78 is 10.2. The molecule has 23 heavy (non-hydrogen) atoms. The van der Waals surface area contributed by atoms with Crippen molar-refractivity contribution < 1.29 is 14.3 Å². The van der Waals surface area contributed by atoms with Crippen LogP contribution in [0.1, 0.15) is 12.5 Å². The lowest BCUT2D eigenvalue weighted by Crippen LogP contribution is -2.35. The van der Waals surface area contributed by atoms with Gasteiger partial charge < -0.3 is 14.4 Å². The van der Waals surface area contributed by atoms with Crippen LogP contribution < -0.4 is 0 Å². The second kappa shape index (κ2) is 8.71. The molecule has 1 aromatic rings. The van der Waals surface area contributed by atoms with Crippen molar-refractivity contribution in [2.75, 3.05) is 32.9 Å². The van der Waals surface area contributed by atoms with Crippen molar-refractivity contribution in [2.45, 2.75) is 6.92 Å². The largest absolute Gasteiger partial charge is 0.461 e. The van der Waals surface area contributed by atoms with E-state index in [0.717, 1.165) is 24.4 Å². The van der Waals surface area contributed by atoms with Gasteiger partial charge in [-0.2, -0.15) is 5.26 Å². The topological polar surface area (TPSA) is 74.9 Å². The normalized spacial score (nSPS) is 15.9. The number of esters is 1. The standard InChI is InChI=1S/C17H19N3O3/c1-2-23-17(21)15(12-18)19-13-16(14-6-4-3-5-7-14)20-8-10-22-11-9-20/h3-7,13H,2,8-11H2,1H3. The maximum absolute atomic E-state index is 11.7. The van der Waals surface area contributed by atoms with E-state index in [-0.39, 0.29) is 12.3 Å². The molecule has 0 bridgehead atoms. The quantitative estimate of drug-likeness (QED) is 0.612. The number of ether oxygens (including phenoxy) is 2. The van der Waals surface area contributed by atoms with Crippen LogP contribution in [0.15, 0.2) is 41.5 Å². The van der Waals surface area contributed by atoms with E-state index >= 15 is 0 Å². The molecule has 1 aliphatic heterocycles. The van der Waals surface area contributed by atoms with Crippen LogP contribution in [0.3, 0.4) is 0 Å². The van der Waals surface area contributed by atoms with Crippen molar-refractivity contribution in [2.24, 2.45) is 4.99 Å². The number of carbonyl (C=O) groups excluding carboxylic acids is 1. The molecule has 1 aromatic carbocycles. The van der Waals surface area contributed by atoms with Crippen molar-refractivity contribution in [1.29, 1.82) is 5.26 Å². The van der Waals surface area contributed by atoms with Gasteiger partial charge in [-0.25, -0.2) is 9.79 Å². The molecule has 0 unspecified atom stereocenters. The van der Waals surface area contributed by atoms with Gasteiger partial charge in [-0.15, -0.1) is 0 Å². The Morgan fingerprint density at radius 2 is 2.09 bits per heavy atom. The minimum atomic E-state index is -0.708. The summed E-state index contributed by atoms with van der Waals surface area (Å²) in [4.78, 5) is 17.8. The van der Waals surface area contributed by atoms with Crippen LogP contribution in [0.25, 0.3) is 5.70 Å². The molecule has 0 N–H and O–H groups in total. The predicted octanol–water partition coefficient (Wildman–Crippen LogP) is 1.84. The number of rotatable bonds is 5. The number of carbonyl (C=O) groups is 1. The number of nitriles is 1. The van der Waals surface area contributed by atoms with Crippen LogP contribution in [-0.2, 0) is 14.3 Å². The van der Waals surface area contributed by atoms with Crippen molar-refractivity contribution in [3.63, 3.8) is 0 Å². The van der Waals surface area contributed by atoms with Crippen LogP contribution in [0.4, 0.5) is 0 Å². The first kappa shape index (κ1) is 16.7. The number of hydrogen-bond acceptors (Lipinski definition) is 6. The molecule has 6 heteroatoms. The maximum atomic E-state index is 11.7. The SMILES string of the molecule is CCOC(=O)C(C#N)=NC=C(c1ccccc1)N1CCOCC1. The molecule has 0 aliphatic carbocycles. The van der Waals surface area contributed by atoms with E-state index in [1.807, 2.05) is 30.3 Å². The molecule has 0 amide bonds. The third-order valence-electron chi connectivity index (χ3n) is 3.31. The highest BCUT2D eigenvalue weighted by Crippen LogP contribution is 2.20. The Morgan fingerprint density at radius 3 is 2.70 bits per heavy atom. The number of hydrogen-bond donors (Lipinski definition) is 0. The van der Waals surface area contributed by atoms with Gasteiger partial charge in [0.2, 0.25) is 5.71 Å². The van der Waals surface area contributed by atoms with Crippen molar-refractivity contribution in [3.05, 3.63) is 42.1 Å². The third-order valence-corrected chi connectivity index (χ3v) is 3.31. The van der Waals surface area contributed by atoms with Gasteiger partial charge in [0, 0.05) is 13.1 Å². The van der Waals surface area contributed by atoms with Gasteiger partial charge in [0.15, 0.2) is 0 Å². The summed E-state index contributed by atoms with van der Waals surface area (Å²) >= 11 is 0. The van der Waals surface area contributed by atoms with E-state index in [9.17, 15) is 4.79 Å². The molecule has 0 spiro atoms. The molecule has 1 saturated heterocycles. The van der Waals surface area contributed by atoms with Crippen LogP contribution in [0.5, 0.6) is 0 Å². The molecular weight excluding hydrogens is 294 g/mol. The van der Waals surface area contributed by atoms with Gasteiger partial charge in [-0.3, -0.25) is 0 Å². The zero-order chi connectivity index (χ0) is 16.5. The first-order chi connectivity index (χ1) is 11.3. The van der Waals surface area contributed by atoms with Gasteiger partial charge in [-0.05, 0) is 12.5 Å². The number of aliphatic imine (C=N–C) groups is 1. The first-order valence-electron chi connectivity index (χ1n) is 7.49. The van der Waals surface area contributed by atoms with E-state index in [2.05, 4.69) is 9.89 Å². The van der Waals surface area contributed by atoms with Crippen molar-refractivity contribution in [3.8, 4) is 6.07 Å². The predicted molar refractivity (Wildman–Crippen MR) is 86.5 cm³/mol. The van der Waals surface area contributed by atoms with E-state index in [1.54, 1.807) is 19.2 Å². The van der Waals surface area contributed by atoms with Crippen molar-refractivity contribution >= 4 is 17.4 Å². The zero-order valence-corrected chi connectivity index (χ0v) is 13.1. The van der Waals surface area contributed by atoms with Gasteiger partial charge >= 0.3 is 5.97 Å². The molecular formula is C17H19N3O3. The lowest BCUT2D eigenvalue weighted by Gasteiger charge is -2.30. The van der Waals surface area contributed by atoms with Crippen molar-refractivity contribution in [1.82, 2.24) is 4.90 Å². The fraction of sp³-hybridized carbons (Fsp3) is 0.353. The Balaban J connectivity index is 2.32. The summed E-state index contributed by atoms with van der Waals surface area (Å²) in [6.07, 6.45) is 1.55. The fourth-order valence-electron chi connectivity index (χ4n) is 2.20. The summed E-state index contributed by atoms with van der Waals surface area (Å²) in [7, 11) is 0. The molecule has 1 heterocycles. The fourth-order valence-corrected chi connectivity index (χ4v) is 2.20.